The summed E-state index contributed by atoms with van der Waals surface area (Å²) in [6.07, 6.45) is -4.64. The van der Waals surface area contributed by atoms with Crippen molar-refractivity contribution in [2.75, 3.05) is 14.2 Å². The van der Waals surface area contributed by atoms with Crippen molar-refractivity contribution in [2.45, 2.75) is 19.1 Å². The molecule has 1 heterocycles. The van der Waals surface area contributed by atoms with Crippen LogP contribution in [0.3, 0.4) is 0 Å². The molecule has 0 saturated carbocycles. The van der Waals surface area contributed by atoms with Crippen LogP contribution in [0.25, 0.3) is 10.6 Å². The Hall–Kier alpha value is -3.07. The van der Waals surface area contributed by atoms with Gasteiger partial charge in [-0.05, 0) is 30.7 Å². The number of hydrogen-bond donors (Lipinski definition) is 1. The molecule has 0 fully saturated rings. The summed E-state index contributed by atoms with van der Waals surface area (Å²) in [7, 11) is 3.01. The lowest BCUT2D eigenvalue weighted by Crippen LogP contribution is -2.38. The second kappa shape index (κ2) is 8.74. The van der Waals surface area contributed by atoms with Gasteiger partial charge in [0, 0.05) is 5.56 Å². The molecule has 1 atom stereocenters. The lowest BCUT2D eigenvalue weighted by atomic mass is 10.1. The van der Waals surface area contributed by atoms with Crippen LogP contribution in [0, 0.1) is 6.92 Å². The van der Waals surface area contributed by atoms with Gasteiger partial charge in [0.2, 0.25) is 0 Å². The summed E-state index contributed by atoms with van der Waals surface area (Å²) in [5.41, 5.74) is 0.965. The molecule has 1 N–H and O–H groups in total. The third-order valence-electron chi connectivity index (χ3n) is 4.37. The molecule has 158 valence electrons. The van der Waals surface area contributed by atoms with E-state index in [-0.39, 0.29) is 10.4 Å². The van der Waals surface area contributed by atoms with Crippen molar-refractivity contribution < 1.29 is 27.4 Å². The van der Waals surface area contributed by atoms with E-state index in [1.54, 1.807) is 31.2 Å². The lowest BCUT2D eigenvalue weighted by Gasteiger charge is -2.21. The zero-order chi connectivity index (χ0) is 21.9. The maximum absolute atomic E-state index is 13.6. The Morgan fingerprint density at radius 2 is 1.73 bits per heavy atom. The molecule has 3 aromatic rings. The predicted molar refractivity (Wildman–Crippen MR) is 108 cm³/mol. The van der Waals surface area contributed by atoms with Gasteiger partial charge in [-0.1, -0.05) is 30.3 Å². The van der Waals surface area contributed by atoms with Gasteiger partial charge in [-0.3, -0.25) is 4.79 Å². The van der Waals surface area contributed by atoms with E-state index in [2.05, 4.69) is 10.3 Å². The first-order valence-corrected chi connectivity index (χ1v) is 9.68. The topological polar surface area (TPSA) is 60.5 Å². The Kier molecular flexibility index (Phi) is 6.31. The van der Waals surface area contributed by atoms with Gasteiger partial charge in [0.1, 0.15) is 9.88 Å². The molecule has 0 aliphatic carbocycles. The molecule has 0 spiro atoms. The number of nitrogens with one attached hydrogen (secondary N) is 1. The van der Waals surface area contributed by atoms with E-state index >= 15 is 0 Å². The third-order valence-corrected chi connectivity index (χ3v) is 5.57. The van der Waals surface area contributed by atoms with Crippen molar-refractivity contribution in [3.63, 3.8) is 0 Å². The van der Waals surface area contributed by atoms with Crippen molar-refractivity contribution >= 4 is 17.2 Å². The number of benzene rings is 2. The molecule has 9 heteroatoms. The molecule has 1 amide bonds. The van der Waals surface area contributed by atoms with Crippen molar-refractivity contribution in [3.05, 3.63) is 64.7 Å². The van der Waals surface area contributed by atoms with E-state index in [9.17, 15) is 18.0 Å². The quantitative estimate of drug-likeness (QED) is 0.579. The third kappa shape index (κ3) is 4.56. The minimum atomic E-state index is -4.64. The molecular formula is C21H19F3N2O3S. The normalized spacial score (nSPS) is 12.3. The molecule has 0 radical (unpaired) electrons. The van der Waals surface area contributed by atoms with E-state index in [1.165, 1.54) is 38.5 Å². The van der Waals surface area contributed by atoms with Crippen LogP contribution in [0.5, 0.6) is 11.5 Å². The Labute approximate surface area is 175 Å². The highest BCUT2D eigenvalue weighted by Crippen LogP contribution is 2.36. The molecule has 1 unspecified atom stereocenters. The summed E-state index contributed by atoms with van der Waals surface area (Å²) < 4.78 is 51.1. The van der Waals surface area contributed by atoms with E-state index in [4.69, 9.17) is 9.47 Å². The number of carbonyl (C=O) groups excluding carboxylic acids is 1. The Morgan fingerprint density at radius 1 is 1.07 bits per heavy atom. The summed E-state index contributed by atoms with van der Waals surface area (Å²) >= 11 is 1.01. The van der Waals surface area contributed by atoms with Crippen molar-refractivity contribution in [2.24, 2.45) is 0 Å². The van der Waals surface area contributed by atoms with Gasteiger partial charge in [-0.15, -0.1) is 11.3 Å². The zero-order valence-corrected chi connectivity index (χ0v) is 17.2. The van der Waals surface area contributed by atoms with Crippen molar-refractivity contribution in [1.82, 2.24) is 10.3 Å². The Morgan fingerprint density at radius 3 is 2.33 bits per heavy atom. The number of amides is 1. The van der Waals surface area contributed by atoms with Gasteiger partial charge in [-0.25, -0.2) is 4.98 Å². The van der Waals surface area contributed by atoms with Crippen LogP contribution in [-0.2, 0) is 0 Å². The summed E-state index contributed by atoms with van der Waals surface area (Å²) in [6, 6.07) is 10.3. The number of hydrogen-bond acceptors (Lipinski definition) is 5. The van der Waals surface area contributed by atoms with E-state index < -0.39 is 18.1 Å². The maximum atomic E-state index is 13.6. The van der Waals surface area contributed by atoms with Crippen LogP contribution in [0.2, 0.25) is 0 Å². The first kappa shape index (κ1) is 21.6. The summed E-state index contributed by atoms with van der Waals surface area (Å²) in [5, 5.41) is 2.59. The fourth-order valence-corrected chi connectivity index (χ4v) is 3.86. The van der Waals surface area contributed by atoms with Gasteiger partial charge >= 0.3 is 6.18 Å². The number of aromatic nitrogens is 1. The van der Waals surface area contributed by atoms with Gasteiger partial charge < -0.3 is 14.8 Å². The molecule has 1 aromatic heterocycles. The Balaban J connectivity index is 1.90. The molecule has 0 aliphatic rings. The monoisotopic (exact) mass is 436 g/mol. The SMILES string of the molecule is COc1ccc(-c2nc(C)c(C(=O)NC(c3ccccc3)C(F)(F)F)s2)cc1OC. The number of methoxy groups -OCH3 is 2. The predicted octanol–water partition coefficient (Wildman–Crippen LogP) is 5.17. The molecule has 0 bridgehead atoms. The number of halogens is 3. The number of nitrogens with zero attached hydrogens (tertiary/aromatic N) is 1. The van der Waals surface area contributed by atoms with Crippen LogP contribution in [0.1, 0.15) is 27.0 Å². The van der Waals surface area contributed by atoms with Gasteiger partial charge in [0.15, 0.2) is 17.5 Å². The molecular weight excluding hydrogens is 417 g/mol. The van der Waals surface area contributed by atoms with Crippen LogP contribution in [-0.4, -0.2) is 31.3 Å². The first-order valence-electron chi connectivity index (χ1n) is 8.87. The fourth-order valence-electron chi connectivity index (χ4n) is 2.90. The molecule has 30 heavy (non-hydrogen) atoms. The van der Waals surface area contributed by atoms with Crippen LogP contribution >= 0.6 is 11.3 Å². The lowest BCUT2D eigenvalue weighted by molar-refractivity contribution is -0.155. The first-order chi connectivity index (χ1) is 14.2. The summed E-state index contributed by atoms with van der Waals surface area (Å²) in [6.45, 7) is 1.58. The molecule has 0 aliphatic heterocycles. The fraction of sp³-hybridized carbons (Fsp3) is 0.238. The van der Waals surface area contributed by atoms with E-state index in [0.29, 0.717) is 27.8 Å². The highest BCUT2D eigenvalue weighted by atomic mass is 32.1. The number of aryl methyl sites for hydroxylation is 1. The minimum absolute atomic E-state index is 0.0411. The van der Waals surface area contributed by atoms with Gasteiger partial charge in [0.25, 0.3) is 5.91 Å². The average molecular weight is 436 g/mol. The number of rotatable bonds is 6. The summed E-state index contributed by atoms with van der Waals surface area (Å²) in [5.74, 6) is 0.182. The standard InChI is InChI=1S/C21H19F3N2O3S/c1-12-17(19(27)26-18(21(22,23)24)13-7-5-4-6-8-13)30-20(25-12)14-9-10-15(28-2)16(11-14)29-3/h4-11,18H,1-3H3,(H,26,27). The average Bonchev–Trinajstić information content (AvgIpc) is 3.12. The van der Waals surface area contributed by atoms with Crippen LogP contribution in [0.4, 0.5) is 13.2 Å². The van der Waals surface area contributed by atoms with Gasteiger partial charge in [0.05, 0.1) is 19.9 Å². The maximum Gasteiger partial charge on any atom is 0.412 e. The smallest absolute Gasteiger partial charge is 0.412 e. The van der Waals surface area contributed by atoms with Gasteiger partial charge in [-0.2, -0.15) is 13.2 Å². The number of carbonyl (C=O) groups is 1. The second-order valence-electron chi connectivity index (χ2n) is 6.36. The highest BCUT2D eigenvalue weighted by molar-refractivity contribution is 7.17. The van der Waals surface area contributed by atoms with Crippen LogP contribution in [0.15, 0.2) is 48.5 Å². The molecule has 0 saturated heterocycles. The van der Waals surface area contributed by atoms with Crippen LogP contribution < -0.4 is 14.8 Å². The summed E-state index contributed by atoms with van der Waals surface area (Å²) in [4.78, 5) is 17.1. The zero-order valence-electron chi connectivity index (χ0n) is 16.4. The second-order valence-corrected chi connectivity index (χ2v) is 7.36. The van der Waals surface area contributed by atoms with E-state index in [1.807, 2.05) is 0 Å². The van der Waals surface area contributed by atoms with Crippen molar-refractivity contribution in [1.29, 1.82) is 0 Å². The minimum Gasteiger partial charge on any atom is -0.493 e. The molecule has 5 nitrogen and oxygen atoms in total. The molecule has 3 rings (SSSR count). The highest BCUT2D eigenvalue weighted by Gasteiger charge is 2.42. The Bertz CT molecular complexity index is 1040. The van der Waals surface area contributed by atoms with E-state index in [0.717, 1.165) is 11.3 Å². The number of alkyl halides is 3. The largest absolute Gasteiger partial charge is 0.493 e. The number of thiazole rings is 1. The number of ether oxygens (including phenoxy) is 2. The van der Waals surface area contributed by atoms with Crippen molar-refractivity contribution in [3.8, 4) is 22.1 Å². The molecule has 2 aromatic carbocycles.